The number of hydrogen-bond acceptors (Lipinski definition) is 4. The van der Waals surface area contributed by atoms with E-state index >= 15 is 0 Å². The summed E-state index contributed by atoms with van der Waals surface area (Å²) in [5, 5.41) is 4.17. The highest BCUT2D eigenvalue weighted by atomic mass is 16.5. The van der Waals surface area contributed by atoms with Gasteiger partial charge in [0.25, 0.3) is 0 Å². The number of methoxy groups -OCH3 is 1. The molecule has 1 amide bonds. The molecule has 1 aliphatic rings. The van der Waals surface area contributed by atoms with Gasteiger partial charge < -0.3 is 9.64 Å². The van der Waals surface area contributed by atoms with Crippen molar-refractivity contribution in [3.63, 3.8) is 0 Å². The SMILES string of the molecule is COc1ccc(/C(C)=N/NC(=O)CCN2CCCCC2)cc1. The van der Waals surface area contributed by atoms with Crippen LogP contribution in [0.1, 0.15) is 38.2 Å². The summed E-state index contributed by atoms with van der Waals surface area (Å²) in [7, 11) is 1.64. The molecule has 1 heterocycles. The Kier molecular flexibility index (Phi) is 6.40. The number of nitrogens with zero attached hydrogens (tertiary/aromatic N) is 2. The minimum atomic E-state index is -0.0292. The first-order chi connectivity index (χ1) is 10.7. The minimum absolute atomic E-state index is 0.0292. The Bertz CT molecular complexity index is 505. The van der Waals surface area contributed by atoms with E-state index < -0.39 is 0 Å². The van der Waals surface area contributed by atoms with Crippen LogP contribution < -0.4 is 10.2 Å². The van der Waals surface area contributed by atoms with Crippen LogP contribution in [0.2, 0.25) is 0 Å². The molecule has 0 spiro atoms. The van der Waals surface area contributed by atoms with E-state index in [9.17, 15) is 4.79 Å². The Morgan fingerprint density at radius 3 is 2.55 bits per heavy atom. The van der Waals surface area contributed by atoms with E-state index in [2.05, 4.69) is 15.4 Å². The van der Waals surface area contributed by atoms with Gasteiger partial charge in [0.1, 0.15) is 5.75 Å². The molecule has 1 fully saturated rings. The van der Waals surface area contributed by atoms with Gasteiger partial charge in [-0.3, -0.25) is 4.79 Å². The lowest BCUT2D eigenvalue weighted by Gasteiger charge is -2.25. The van der Waals surface area contributed by atoms with Crippen molar-refractivity contribution in [2.24, 2.45) is 5.10 Å². The number of benzene rings is 1. The summed E-state index contributed by atoms with van der Waals surface area (Å²) in [6.45, 7) is 4.93. The van der Waals surface area contributed by atoms with Gasteiger partial charge in [-0.1, -0.05) is 6.42 Å². The molecule has 0 atom stereocenters. The number of hydrazone groups is 1. The van der Waals surface area contributed by atoms with Gasteiger partial charge in [0, 0.05) is 13.0 Å². The number of piperidine rings is 1. The molecule has 22 heavy (non-hydrogen) atoms. The summed E-state index contributed by atoms with van der Waals surface area (Å²) in [5.41, 5.74) is 4.40. The summed E-state index contributed by atoms with van der Waals surface area (Å²) in [6.07, 6.45) is 4.31. The van der Waals surface area contributed by atoms with Crippen LogP contribution in [0.25, 0.3) is 0 Å². The van der Waals surface area contributed by atoms with Crippen LogP contribution in [-0.2, 0) is 4.79 Å². The maximum atomic E-state index is 11.9. The van der Waals surface area contributed by atoms with Gasteiger partial charge in [0.05, 0.1) is 12.8 Å². The summed E-state index contributed by atoms with van der Waals surface area (Å²) >= 11 is 0. The van der Waals surface area contributed by atoms with Gasteiger partial charge in [-0.05, 0) is 62.7 Å². The monoisotopic (exact) mass is 303 g/mol. The van der Waals surface area contributed by atoms with Crippen molar-refractivity contribution in [1.29, 1.82) is 0 Å². The highest BCUT2D eigenvalue weighted by Crippen LogP contribution is 2.12. The van der Waals surface area contributed by atoms with Gasteiger partial charge in [-0.15, -0.1) is 0 Å². The van der Waals surface area contributed by atoms with Crippen LogP contribution in [0, 0.1) is 0 Å². The predicted molar refractivity (Wildman–Crippen MR) is 88.3 cm³/mol. The summed E-state index contributed by atoms with van der Waals surface area (Å²) in [5.74, 6) is 0.778. The second-order valence-electron chi connectivity index (χ2n) is 5.61. The molecule has 0 radical (unpaired) electrons. The second-order valence-corrected chi connectivity index (χ2v) is 5.61. The van der Waals surface area contributed by atoms with E-state index in [-0.39, 0.29) is 5.91 Å². The van der Waals surface area contributed by atoms with E-state index in [4.69, 9.17) is 4.74 Å². The number of ether oxygens (including phenoxy) is 1. The molecular formula is C17H25N3O2. The lowest BCUT2D eigenvalue weighted by Crippen LogP contribution is -2.33. The van der Waals surface area contributed by atoms with Crippen molar-refractivity contribution in [2.45, 2.75) is 32.6 Å². The third-order valence-electron chi connectivity index (χ3n) is 3.96. The molecule has 2 rings (SSSR count). The number of likely N-dealkylation sites (tertiary alicyclic amines) is 1. The molecule has 1 N–H and O–H groups in total. The maximum Gasteiger partial charge on any atom is 0.241 e. The molecule has 0 aromatic heterocycles. The predicted octanol–water partition coefficient (Wildman–Crippen LogP) is 2.41. The van der Waals surface area contributed by atoms with Crippen molar-refractivity contribution in [2.75, 3.05) is 26.7 Å². The first kappa shape index (κ1) is 16.5. The third kappa shape index (κ3) is 5.15. The van der Waals surface area contributed by atoms with Crippen LogP contribution in [0.3, 0.4) is 0 Å². The lowest BCUT2D eigenvalue weighted by atomic mass is 10.1. The highest BCUT2D eigenvalue weighted by molar-refractivity contribution is 5.99. The van der Waals surface area contributed by atoms with Gasteiger partial charge in [0.2, 0.25) is 5.91 Å². The lowest BCUT2D eigenvalue weighted by molar-refractivity contribution is -0.121. The molecule has 120 valence electrons. The fourth-order valence-electron chi connectivity index (χ4n) is 2.54. The molecule has 0 bridgehead atoms. The minimum Gasteiger partial charge on any atom is -0.497 e. The topological polar surface area (TPSA) is 53.9 Å². The smallest absolute Gasteiger partial charge is 0.241 e. The largest absolute Gasteiger partial charge is 0.497 e. The van der Waals surface area contributed by atoms with Crippen LogP contribution >= 0.6 is 0 Å². The first-order valence-electron chi connectivity index (χ1n) is 7.89. The van der Waals surface area contributed by atoms with Crippen molar-refractivity contribution in [1.82, 2.24) is 10.3 Å². The van der Waals surface area contributed by atoms with Crippen LogP contribution in [0.4, 0.5) is 0 Å². The number of hydrogen-bond donors (Lipinski definition) is 1. The molecule has 0 saturated carbocycles. The molecule has 5 nitrogen and oxygen atoms in total. The van der Waals surface area contributed by atoms with Crippen LogP contribution in [0.15, 0.2) is 29.4 Å². The van der Waals surface area contributed by atoms with Gasteiger partial charge in [-0.2, -0.15) is 5.10 Å². The van der Waals surface area contributed by atoms with E-state index in [1.54, 1.807) is 7.11 Å². The number of rotatable bonds is 6. The first-order valence-corrected chi connectivity index (χ1v) is 7.89. The van der Waals surface area contributed by atoms with Crippen LogP contribution in [0.5, 0.6) is 5.75 Å². The van der Waals surface area contributed by atoms with E-state index in [0.29, 0.717) is 6.42 Å². The Morgan fingerprint density at radius 1 is 1.23 bits per heavy atom. The van der Waals surface area contributed by atoms with E-state index in [0.717, 1.165) is 36.7 Å². The van der Waals surface area contributed by atoms with Gasteiger partial charge >= 0.3 is 0 Å². The molecule has 0 unspecified atom stereocenters. The molecular weight excluding hydrogens is 278 g/mol. The Balaban J connectivity index is 1.77. The standard InChI is InChI=1S/C17H25N3O2/c1-14(15-6-8-16(22-2)9-7-15)18-19-17(21)10-13-20-11-4-3-5-12-20/h6-9H,3-5,10-13H2,1-2H3,(H,19,21)/b18-14+. The van der Waals surface area contributed by atoms with Gasteiger partial charge in [0.15, 0.2) is 0 Å². The highest BCUT2D eigenvalue weighted by Gasteiger charge is 2.11. The average Bonchev–Trinajstić information content (AvgIpc) is 2.58. The zero-order chi connectivity index (χ0) is 15.8. The van der Waals surface area contributed by atoms with Gasteiger partial charge in [-0.25, -0.2) is 5.43 Å². The number of amides is 1. The van der Waals surface area contributed by atoms with Crippen molar-refractivity contribution in [3.8, 4) is 5.75 Å². The summed E-state index contributed by atoms with van der Waals surface area (Å²) < 4.78 is 5.12. The summed E-state index contributed by atoms with van der Waals surface area (Å²) in [4.78, 5) is 14.2. The molecule has 0 aliphatic carbocycles. The quantitative estimate of drug-likeness (QED) is 0.648. The maximum absolute atomic E-state index is 11.9. The fraction of sp³-hybridized carbons (Fsp3) is 0.529. The Labute approximate surface area is 132 Å². The second kappa shape index (κ2) is 8.54. The fourth-order valence-corrected chi connectivity index (χ4v) is 2.54. The number of nitrogens with one attached hydrogen (secondary N) is 1. The molecule has 1 aliphatic heterocycles. The van der Waals surface area contributed by atoms with Crippen LogP contribution in [-0.4, -0.2) is 43.3 Å². The normalized spacial score (nSPS) is 16.4. The Morgan fingerprint density at radius 2 is 1.91 bits per heavy atom. The number of carbonyl (C=O) groups excluding carboxylic acids is 1. The molecule has 1 aromatic carbocycles. The van der Waals surface area contributed by atoms with Crippen molar-refractivity contribution < 1.29 is 9.53 Å². The summed E-state index contributed by atoms with van der Waals surface area (Å²) in [6, 6.07) is 7.62. The zero-order valence-electron chi connectivity index (χ0n) is 13.5. The number of carbonyl (C=O) groups is 1. The molecule has 1 aromatic rings. The molecule has 1 saturated heterocycles. The van der Waals surface area contributed by atoms with Crippen molar-refractivity contribution >= 4 is 11.6 Å². The average molecular weight is 303 g/mol. The zero-order valence-corrected chi connectivity index (χ0v) is 13.5. The van der Waals surface area contributed by atoms with E-state index in [1.807, 2.05) is 31.2 Å². The third-order valence-corrected chi connectivity index (χ3v) is 3.96. The van der Waals surface area contributed by atoms with E-state index in [1.165, 1.54) is 19.3 Å². The Hall–Kier alpha value is -1.88. The molecule has 5 heteroatoms. The van der Waals surface area contributed by atoms with Crippen molar-refractivity contribution in [3.05, 3.63) is 29.8 Å².